The van der Waals surface area contributed by atoms with E-state index in [1.165, 1.54) is 0 Å². The van der Waals surface area contributed by atoms with Crippen LogP contribution in [0.3, 0.4) is 0 Å². The zero-order chi connectivity index (χ0) is 13.8. The molecule has 0 radical (unpaired) electrons. The normalized spacial score (nSPS) is 10.2. The summed E-state index contributed by atoms with van der Waals surface area (Å²) in [6.07, 6.45) is 0. The zero-order valence-corrected chi connectivity index (χ0v) is 11.6. The summed E-state index contributed by atoms with van der Waals surface area (Å²) < 4.78 is 6.53. The van der Waals surface area contributed by atoms with Crippen LogP contribution in [-0.4, -0.2) is 11.0 Å². The Morgan fingerprint density at radius 3 is 2.47 bits per heavy atom. The Balaban J connectivity index is 2.23. The Kier molecular flexibility index (Phi) is 4.19. The first kappa shape index (κ1) is 13.6. The molecule has 0 bridgehead atoms. The van der Waals surface area contributed by atoms with Crippen LogP contribution in [-0.2, 0) is 6.61 Å². The standard InChI is InChI=1S/C14H12BrNO3/c15-11-3-6-13(10(7-11)8-17)19-12-4-1-9(2-5-12)14(16)18/h1-7,17H,8H2,(H2,16,18). The van der Waals surface area contributed by atoms with Gasteiger partial charge in [-0.3, -0.25) is 4.79 Å². The lowest BCUT2D eigenvalue weighted by molar-refractivity contribution is 0.100. The highest BCUT2D eigenvalue weighted by Crippen LogP contribution is 2.28. The number of halogens is 1. The summed E-state index contributed by atoms with van der Waals surface area (Å²) >= 11 is 3.33. The first-order chi connectivity index (χ1) is 9.10. The van der Waals surface area contributed by atoms with E-state index >= 15 is 0 Å². The molecule has 0 aliphatic heterocycles. The third kappa shape index (κ3) is 3.33. The molecule has 98 valence electrons. The number of aliphatic hydroxyl groups is 1. The molecule has 4 nitrogen and oxygen atoms in total. The van der Waals surface area contributed by atoms with Crippen LogP contribution in [0.25, 0.3) is 0 Å². The lowest BCUT2D eigenvalue weighted by atomic mass is 10.2. The van der Waals surface area contributed by atoms with Gasteiger partial charge in [-0.25, -0.2) is 0 Å². The summed E-state index contributed by atoms with van der Waals surface area (Å²) in [7, 11) is 0. The van der Waals surface area contributed by atoms with E-state index in [0.29, 0.717) is 22.6 Å². The molecule has 0 aliphatic carbocycles. The SMILES string of the molecule is NC(=O)c1ccc(Oc2ccc(Br)cc2CO)cc1. The quantitative estimate of drug-likeness (QED) is 0.909. The predicted molar refractivity (Wildman–Crippen MR) is 75.1 cm³/mol. The molecule has 0 aromatic heterocycles. The van der Waals surface area contributed by atoms with Crippen LogP contribution in [0.15, 0.2) is 46.9 Å². The van der Waals surface area contributed by atoms with Crippen molar-refractivity contribution >= 4 is 21.8 Å². The summed E-state index contributed by atoms with van der Waals surface area (Å²) in [5.41, 5.74) is 6.26. The molecule has 0 unspecified atom stereocenters. The first-order valence-electron chi connectivity index (χ1n) is 5.57. The van der Waals surface area contributed by atoms with Crippen molar-refractivity contribution in [3.8, 4) is 11.5 Å². The molecule has 0 aliphatic rings. The van der Waals surface area contributed by atoms with Crippen molar-refractivity contribution in [1.29, 1.82) is 0 Å². The van der Waals surface area contributed by atoms with Gasteiger partial charge in [0.15, 0.2) is 0 Å². The Morgan fingerprint density at radius 2 is 1.89 bits per heavy atom. The van der Waals surface area contributed by atoms with Crippen molar-refractivity contribution in [3.63, 3.8) is 0 Å². The maximum absolute atomic E-state index is 11.0. The van der Waals surface area contributed by atoms with Gasteiger partial charge in [0.25, 0.3) is 0 Å². The first-order valence-corrected chi connectivity index (χ1v) is 6.36. The van der Waals surface area contributed by atoms with E-state index in [0.717, 1.165) is 4.47 Å². The molecular weight excluding hydrogens is 310 g/mol. The number of ether oxygens (including phenoxy) is 1. The van der Waals surface area contributed by atoms with Crippen LogP contribution >= 0.6 is 15.9 Å². The van der Waals surface area contributed by atoms with Gasteiger partial charge in [-0.15, -0.1) is 0 Å². The molecular formula is C14H12BrNO3. The molecule has 0 saturated heterocycles. The number of benzene rings is 2. The van der Waals surface area contributed by atoms with Gasteiger partial charge in [0.2, 0.25) is 5.91 Å². The van der Waals surface area contributed by atoms with Crippen molar-refractivity contribution < 1.29 is 14.6 Å². The zero-order valence-electron chi connectivity index (χ0n) is 9.97. The van der Waals surface area contributed by atoms with Crippen LogP contribution in [0.5, 0.6) is 11.5 Å². The predicted octanol–water partition coefficient (Wildman–Crippen LogP) is 2.83. The highest BCUT2D eigenvalue weighted by molar-refractivity contribution is 9.10. The van der Waals surface area contributed by atoms with Gasteiger partial charge in [-0.05, 0) is 42.5 Å². The number of carbonyl (C=O) groups is 1. The van der Waals surface area contributed by atoms with Crippen molar-refractivity contribution in [3.05, 3.63) is 58.1 Å². The van der Waals surface area contributed by atoms with Crippen molar-refractivity contribution in [2.45, 2.75) is 6.61 Å². The highest BCUT2D eigenvalue weighted by atomic mass is 79.9. The third-order valence-electron chi connectivity index (χ3n) is 2.56. The monoisotopic (exact) mass is 321 g/mol. The van der Waals surface area contributed by atoms with E-state index in [1.807, 2.05) is 6.07 Å². The van der Waals surface area contributed by atoms with Crippen LogP contribution in [0.4, 0.5) is 0 Å². The van der Waals surface area contributed by atoms with Gasteiger partial charge in [0.05, 0.1) is 6.61 Å². The number of nitrogens with two attached hydrogens (primary N) is 1. The van der Waals surface area contributed by atoms with Gasteiger partial charge < -0.3 is 15.6 Å². The van der Waals surface area contributed by atoms with Crippen LogP contribution in [0.2, 0.25) is 0 Å². The number of carbonyl (C=O) groups excluding carboxylic acids is 1. The Hall–Kier alpha value is -1.85. The number of hydrogen-bond donors (Lipinski definition) is 2. The molecule has 2 aromatic rings. The van der Waals surface area contributed by atoms with Gasteiger partial charge >= 0.3 is 0 Å². The summed E-state index contributed by atoms with van der Waals surface area (Å²) in [5.74, 6) is 0.658. The maximum atomic E-state index is 11.0. The second kappa shape index (κ2) is 5.86. The Labute approximate surface area is 118 Å². The van der Waals surface area contributed by atoms with Crippen LogP contribution in [0.1, 0.15) is 15.9 Å². The van der Waals surface area contributed by atoms with E-state index in [2.05, 4.69) is 15.9 Å². The second-order valence-electron chi connectivity index (χ2n) is 3.90. The molecule has 0 fully saturated rings. The minimum absolute atomic E-state index is 0.117. The molecule has 5 heteroatoms. The smallest absolute Gasteiger partial charge is 0.248 e. The van der Waals surface area contributed by atoms with Crippen molar-refractivity contribution in [1.82, 2.24) is 0 Å². The second-order valence-corrected chi connectivity index (χ2v) is 4.82. The number of rotatable bonds is 4. The van der Waals surface area contributed by atoms with Crippen LogP contribution in [0, 0.1) is 0 Å². The minimum atomic E-state index is -0.480. The summed E-state index contributed by atoms with van der Waals surface area (Å²) in [6.45, 7) is -0.117. The molecule has 0 heterocycles. The van der Waals surface area contributed by atoms with Gasteiger partial charge in [-0.1, -0.05) is 15.9 Å². The van der Waals surface area contributed by atoms with Crippen molar-refractivity contribution in [2.24, 2.45) is 5.73 Å². The van der Waals surface area contributed by atoms with Gasteiger partial charge in [0, 0.05) is 15.6 Å². The molecule has 1 amide bonds. The minimum Gasteiger partial charge on any atom is -0.457 e. The maximum Gasteiger partial charge on any atom is 0.248 e. The molecule has 0 atom stereocenters. The number of primary amides is 1. The number of amides is 1. The molecule has 3 N–H and O–H groups in total. The summed E-state index contributed by atoms with van der Waals surface area (Å²) in [5, 5.41) is 9.28. The Bertz CT molecular complexity index is 596. The average Bonchev–Trinajstić information content (AvgIpc) is 2.41. The number of hydrogen-bond acceptors (Lipinski definition) is 3. The molecule has 2 rings (SSSR count). The van der Waals surface area contributed by atoms with E-state index in [9.17, 15) is 9.90 Å². The average molecular weight is 322 g/mol. The molecule has 2 aromatic carbocycles. The fourth-order valence-corrected chi connectivity index (χ4v) is 1.99. The van der Waals surface area contributed by atoms with Gasteiger partial charge in [0.1, 0.15) is 11.5 Å². The molecule has 19 heavy (non-hydrogen) atoms. The number of aliphatic hydroxyl groups excluding tert-OH is 1. The fraction of sp³-hybridized carbons (Fsp3) is 0.0714. The fourth-order valence-electron chi connectivity index (χ4n) is 1.59. The largest absolute Gasteiger partial charge is 0.457 e. The highest BCUT2D eigenvalue weighted by Gasteiger charge is 2.06. The summed E-state index contributed by atoms with van der Waals surface area (Å²) in [4.78, 5) is 11.0. The summed E-state index contributed by atoms with van der Waals surface area (Å²) in [6, 6.07) is 11.9. The molecule has 0 saturated carbocycles. The van der Waals surface area contributed by atoms with Crippen LogP contribution < -0.4 is 10.5 Å². The van der Waals surface area contributed by atoms with E-state index in [1.54, 1.807) is 36.4 Å². The van der Waals surface area contributed by atoms with E-state index in [4.69, 9.17) is 10.5 Å². The Morgan fingerprint density at radius 1 is 1.21 bits per heavy atom. The topological polar surface area (TPSA) is 72.6 Å². The molecule has 0 spiro atoms. The van der Waals surface area contributed by atoms with Gasteiger partial charge in [-0.2, -0.15) is 0 Å². The van der Waals surface area contributed by atoms with Crippen molar-refractivity contribution in [2.75, 3.05) is 0 Å². The van der Waals surface area contributed by atoms with E-state index < -0.39 is 5.91 Å². The van der Waals surface area contributed by atoms with E-state index in [-0.39, 0.29) is 6.61 Å². The third-order valence-corrected chi connectivity index (χ3v) is 3.05. The lowest BCUT2D eigenvalue weighted by Crippen LogP contribution is -2.10. The lowest BCUT2D eigenvalue weighted by Gasteiger charge is -2.10.